The van der Waals surface area contributed by atoms with Gasteiger partial charge in [-0.3, -0.25) is 19.8 Å². The van der Waals surface area contributed by atoms with Gasteiger partial charge in [-0.05, 0) is 33.1 Å². The van der Waals surface area contributed by atoms with E-state index in [1.807, 2.05) is 20.8 Å². The van der Waals surface area contributed by atoms with E-state index < -0.39 is 22.9 Å². The molecule has 1 N–H and O–H groups in total. The lowest BCUT2D eigenvalue weighted by Gasteiger charge is -2.49. The molecule has 4 amide bonds. The van der Waals surface area contributed by atoms with Crippen molar-refractivity contribution in [1.82, 2.24) is 10.2 Å². The largest absolute Gasteiger partial charge is 0.331 e. The standard InChI is InChI=1S/C12H18N2O3/c1-4-11(2,3)14-9(16)12(6-5-7-12)8(15)13-10(14)17/h4-7H2,1-3H3,(H,13,15,17). The monoisotopic (exact) mass is 238 g/mol. The van der Waals surface area contributed by atoms with Crippen LogP contribution in [0, 0.1) is 5.41 Å². The van der Waals surface area contributed by atoms with Crippen LogP contribution in [0.1, 0.15) is 46.5 Å². The number of amides is 4. The van der Waals surface area contributed by atoms with Crippen molar-refractivity contribution in [2.24, 2.45) is 5.41 Å². The number of urea groups is 1. The van der Waals surface area contributed by atoms with E-state index in [4.69, 9.17) is 0 Å². The molecule has 0 radical (unpaired) electrons. The molecule has 5 nitrogen and oxygen atoms in total. The first-order valence-electron chi connectivity index (χ1n) is 6.05. The van der Waals surface area contributed by atoms with E-state index in [2.05, 4.69) is 5.32 Å². The lowest BCUT2D eigenvalue weighted by atomic mass is 9.65. The van der Waals surface area contributed by atoms with Gasteiger partial charge in [-0.25, -0.2) is 4.79 Å². The Kier molecular flexibility index (Phi) is 2.52. The van der Waals surface area contributed by atoms with E-state index >= 15 is 0 Å². The van der Waals surface area contributed by atoms with Crippen LogP contribution in [0.4, 0.5) is 4.79 Å². The van der Waals surface area contributed by atoms with E-state index in [1.54, 1.807) is 0 Å². The van der Waals surface area contributed by atoms with Gasteiger partial charge in [0.1, 0.15) is 5.41 Å². The summed E-state index contributed by atoms with van der Waals surface area (Å²) < 4.78 is 0. The molecule has 2 aliphatic rings. The van der Waals surface area contributed by atoms with E-state index in [1.165, 1.54) is 4.90 Å². The highest BCUT2D eigenvalue weighted by molar-refractivity contribution is 6.20. The number of hydrogen-bond donors (Lipinski definition) is 1. The highest BCUT2D eigenvalue weighted by atomic mass is 16.2. The zero-order valence-electron chi connectivity index (χ0n) is 10.5. The van der Waals surface area contributed by atoms with Gasteiger partial charge in [-0.1, -0.05) is 13.3 Å². The van der Waals surface area contributed by atoms with Gasteiger partial charge in [0.2, 0.25) is 11.8 Å². The smallest absolute Gasteiger partial charge is 0.277 e. The second-order valence-corrected chi connectivity index (χ2v) is 5.50. The topological polar surface area (TPSA) is 66.5 Å². The minimum absolute atomic E-state index is 0.315. The Morgan fingerprint density at radius 1 is 1.29 bits per heavy atom. The van der Waals surface area contributed by atoms with Gasteiger partial charge in [0, 0.05) is 5.54 Å². The van der Waals surface area contributed by atoms with Gasteiger partial charge in [0.25, 0.3) is 0 Å². The molecule has 0 aromatic rings. The van der Waals surface area contributed by atoms with Gasteiger partial charge >= 0.3 is 6.03 Å². The SMILES string of the molecule is CCC(C)(C)N1C(=O)NC(=O)C2(CCC2)C1=O. The predicted molar refractivity (Wildman–Crippen MR) is 61.0 cm³/mol. The molecule has 5 heteroatoms. The lowest BCUT2D eigenvalue weighted by molar-refractivity contribution is -0.161. The predicted octanol–water partition coefficient (Wildman–Crippen LogP) is 1.42. The number of imide groups is 2. The second kappa shape index (κ2) is 3.55. The Bertz CT molecular complexity index is 397. The first-order chi connectivity index (χ1) is 7.85. The summed E-state index contributed by atoms with van der Waals surface area (Å²) in [5, 5.41) is 2.32. The zero-order valence-corrected chi connectivity index (χ0v) is 10.5. The fourth-order valence-corrected chi connectivity index (χ4v) is 2.36. The summed E-state index contributed by atoms with van der Waals surface area (Å²) in [6, 6.07) is -0.579. The van der Waals surface area contributed by atoms with Crippen molar-refractivity contribution in [3.63, 3.8) is 0 Å². The summed E-state index contributed by atoms with van der Waals surface area (Å²) in [5.41, 5.74) is -1.51. The van der Waals surface area contributed by atoms with Crippen molar-refractivity contribution >= 4 is 17.8 Å². The average Bonchev–Trinajstić information content (AvgIpc) is 2.14. The summed E-state index contributed by atoms with van der Waals surface area (Å²) in [5.74, 6) is -0.730. The number of carbonyl (C=O) groups is 3. The maximum Gasteiger partial charge on any atom is 0.331 e. The molecular weight excluding hydrogens is 220 g/mol. The molecule has 1 saturated carbocycles. The zero-order chi connectivity index (χ0) is 12.8. The van der Waals surface area contributed by atoms with E-state index in [0.29, 0.717) is 19.3 Å². The summed E-state index contributed by atoms with van der Waals surface area (Å²) in [7, 11) is 0. The Morgan fingerprint density at radius 3 is 2.29 bits per heavy atom. The first kappa shape index (κ1) is 12.1. The number of nitrogens with zero attached hydrogens (tertiary/aromatic N) is 1. The van der Waals surface area contributed by atoms with Crippen LogP contribution in [-0.2, 0) is 9.59 Å². The highest BCUT2D eigenvalue weighted by Gasteiger charge is 2.59. The van der Waals surface area contributed by atoms with Gasteiger partial charge < -0.3 is 0 Å². The summed E-state index contributed by atoms with van der Waals surface area (Å²) in [6.45, 7) is 5.60. The summed E-state index contributed by atoms with van der Waals surface area (Å²) >= 11 is 0. The maximum absolute atomic E-state index is 12.4. The van der Waals surface area contributed by atoms with Crippen molar-refractivity contribution < 1.29 is 14.4 Å². The average molecular weight is 238 g/mol. The van der Waals surface area contributed by atoms with Gasteiger partial charge in [-0.15, -0.1) is 0 Å². The molecule has 94 valence electrons. The molecule has 1 saturated heterocycles. The van der Waals surface area contributed by atoms with Crippen molar-refractivity contribution in [1.29, 1.82) is 0 Å². The fraction of sp³-hybridized carbons (Fsp3) is 0.750. The summed E-state index contributed by atoms with van der Waals surface area (Å²) in [4.78, 5) is 37.3. The highest BCUT2D eigenvalue weighted by Crippen LogP contribution is 2.45. The molecule has 0 aromatic carbocycles. The summed E-state index contributed by atoms with van der Waals surface area (Å²) in [6.07, 6.45) is 2.65. The van der Waals surface area contributed by atoms with Crippen LogP contribution in [-0.4, -0.2) is 28.3 Å². The number of rotatable bonds is 2. The minimum Gasteiger partial charge on any atom is -0.277 e. The number of nitrogens with one attached hydrogen (secondary N) is 1. The van der Waals surface area contributed by atoms with Gasteiger partial charge in [0.15, 0.2) is 0 Å². The van der Waals surface area contributed by atoms with Crippen molar-refractivity contribution in [2.75, 3.05) is 0 Å². The molecule has 17 heavy (non-hydrogen) atoms. The fourth-order valence-electron chi connectivity index (χ4n) is 2.36. The van der Waals surface area contributed by atoms with Crippen LogP contribution in [0.2, 0.25) is 0 Å². The number of barbiturate groups is 1. The minimum atomic E-state index is -0.958. The quantitative estimate of drug-likeness (QED) is 0.740. The van der Waals surface area contributed by atoms with E-state index in [-0.39, 0.29) is 5.91 Å². The Labute approximate surface area is 101 Å². The van der Waals surface area contributed by atoms with E-state index in [9.17, 15) is 14.4 Å². The van der Waals surface area contributed by atoms with Crippen LogP contribution in [0.5, 0.6) is 0 Å². The van der Waals surface area contributed by atoms with Crippen molar-refractivity contribution in [3.05, 3.63) is 0 Å². The molecule has 0 bridgehead atoms. The molecular formula is C12H18N2O3. The molecule has 2 fully saturated rings. The molecule has 0 atom stereocenters. The van der Waals surface area contributed by atoms with Crippen LogP contribution in [0.15, 0.2) is 0 Å². The molecule has 1 aliphatic heterocycles. The van der Waals surface area contributed by atoms with Gasteiger partial charge in [0.05, 0.1) is 0 Å². The Morgan fingerprint density at radius 2 is 1.88 bits per heavy atom. The van der Waals surface area contributed by atoms with Crippen molar-refractivity contribution in [3.8, 4) is 0 Å². The third-order valence-electron chi connectivity index (χ3n) is 4.15. The van der Waals surface area contributed by atoms with Crippen LogP contribution >= 0.6 is 0 Å². The van der Waals surface area contributed by atoms with Gasteiger partial charge in [-0.2, -0.15) is 0 Å². The third kappa shape index (κ3) is 1.48. The second-order valence-electron chi connectivity index (χ2n) is 5.50. The third-order valence-corrected chi connectivity index (χ3v) is 4.15. The molecule has 1 heterocycles. The van der Waals surface area contributed by atoms with Crippen molar-refractivity contribution in [2.45, 2.75) is 52.0 Å². The maximum atomic E-state index is 12.4. The first-order valence-corrected chi connectivity index (χ1v) is 6.05. The lowest BCUT2D eigenvalue weighted by Crippen LogP contribution is -2.70. The van der Waals surface area contributed by atoms with E-state index in [0.717, 1.165) is 6.42 Å². The van der Waals surface area contributed by atoms with Crippen LogP contribution < -0.4 is 5.32 Å². The molecule has 0 aromatic heterocycles. The molecule has 1 spiro atoms. The number of hydrogen-bond acceptors (Lipinski definition) is 3. The van der Waals surface area contributed by atoms with Crippen LogP contribution in [0.25, 0.3) is 0 Å². The van der Waals surface area contributed by atoms with Crippen LogP contribution in [0.3, 0.4) is 0 Å². The normalized spacial score (nSPS) is 23.7. The molecule has 0 unspecified atom stereocenters. The Balaban J connectivity index is 2.37. The molecule has 1 aliphatic carbocycles. The Hall–Kier alpha value is -1.39. The number of carbonyl (C=O) groups excluding carboxylic acids is 3. The molecule has 2 rings (SSSR count).